The van der Waals surface area contributed by atoms with E-state index in [1.54, 1.807) is 17.9 Å². The highest BCUT2D eigenvalue weighted by Crippen LogP contribution is 2.33. The zero-order valence-corrected chi connectivity index (χ0v) is 17.3. The maximum absolute atomic E-state index is 13.9. The third-order valence-electron chi connectivity index (χ3n) is 5.54. The van der Waals surface area contributed by atoms with Crippen LogP contribution in [0.3, 0.4) is 0 Å². The molecule has 0 aliphatic carbocycles. The summed E-state index contributed by atoms with van der Waals surface area (Å²) < 4.78 is 20.0. The fourth-order valence-electron chi connectivity index (χ4n) is 3.90. The first-order chi connectivity index (χ1) is 13.8. The van der Waals surface area contributed by atoms with E-state index in [2.05, 4.69) is 24.6 Å². The molecule has 1 atom stereocenters. The first-order valence-electron chi connectivity index (χ1n) is 10.0. The second kappa shape index (κ2) is 10.5. The van der Waals surface area contributed by atoms with Gasteiger partial charge in [0.15, 0.2) is 0 Å². The number of hydrogen-bond acceptors (Lipinski definition) is 4. The summed E-state index contributed by atoms with van der Waals surface area (Å²) in [7, 11) is 0. The van der Waals surface area contributed by atoms with Crippen LogP contribution in [0.5, 0.6) is 0 Å². The Labute approximate surface area is 173 Å². The van der Waals surface area contributed by atoms with Crippen LogP contribution in [0.1, 0.15) is 26.2 Å². The largest absolute Gasteiger partial charge is 0.360 e. The van der Waals surface area contributed by atoms with E-state index in [0.29, 0.717) is 6.54 Å². The lowest BCUT2D eigenvalue weighted by Gasteiger charge is -2.49. The molecule has 0 radical (unpaired) electrons. The van der Waals surface area contributed by atoms with Gasteiger partial charge in [-0.2, -0.15) is 0 Å². The Morgan fingerprint density at radius 3 is 2.52 bits per heavy atom. The van der Waals surface area contributed by atoms with E-state index in [1.165, 1.54) is 6.08 Å². The van der Waals surface area contributed by atoms with Gasteiger partial charge in [-0.15, -0.1) is 0 Å². The predicted molar refractivity (Wildman–Crippen MR) is 116 cm³/mol. The number of nitrogens with one attached hydrogen (secondary N) is 1. The van der Waals surface area contributed by atoms with Gasteiger partial charge >= 0.3 is 0 Å². The normalized spacial score (nSPS) is 23.2. The minimum Gasteiger partial charge on any atom is -0.360 e. The highest BCUT2D eigenvalue weighted by atomic mass is 19.1. The van der Waals surface area contributed by atoms with E-state index in [-0.39, 0.29) is 18.2 Å². The Balaban J connectivity index is 1.97. The molecule has 1 amide bonds. The maximum atomic E-state index is 13.9. The molecule has 0 aromatic heterocycles. The highest BCUT2D eigenvalue weighted by molar-refractivity contribution is 5.99. The molecule has 2 aliphatic heterocycles. The third-order valence-corrected chi connectivity index (χ3v) is 5.54. The van der Waals surface area contributed by atoms with Crippen molar-refractivity contribution in [3.8, 4) is 0 Å². The standard InChI is InChI=1S/C23H32FN3O2/c1-5-8-19(7-3)10-13-26-14-11-23(12-15-26)17-27(22(28)18(4)29-23)16-21(25)20(24)9-6-2/h5-9,18,25H,1-3,10-17H2,4H3/b19-8+,20-9+,25-21?. The zero-order valence-electron chi connectivity index (χ0n) is 17.3. The highest BCUT2D eigenvalue weighted by Gasteiger charge is 2.45. The number of hydrogen-bond donors (Lipinski definition) is 1. The van der Waals surface area contributed by atoms with E-state index in [1.807, 2.05) is 12.2 Å². The molecule has 2 saturated heterocycles. The van der Waals surface area contributed by atoms with Crippen LogP contribution in [0, 0.1) is 5.41 Å². The Morgan fingerprint density at radius 2 is 1.93 bits per heavy atom. The predicted octanol–water partition coefficient (Wildman–Crippen LogP) is 3.82. The Kier molecular flexibility index (Phi) is 8.29. The molecule has 2 aliphatic rings. The second-order valence-electron chi connectivity index (χ2n) is 7.64. The summed E-state index contributed by atoms with van der Waals surface area (Å²) in [5, 5.41) is 7.92. The molecule has 1 N–H and O–H groups in total. The fourth-order valence-corrected chi connectivity index (χ4v) is 3.90. The molecule has 29 heavy (non-hydrogen) atoms. The summed E-state index contributed by atoms with van der Waals surface area (Å²) in [5.74, 6) is -0.860. The average Bonchev–Trinajstić information content (AvgIpc) is 2.70. The number of rotatable bonds is 9. The molecule has 6 heteroatoms. The van der Waals surface area contributed by atoms with Gasteiger partial charge in [-0.1, -0.05) is 44.0 Å². The summed E-state index contributed by atoms with van der Waals surface area (Å²) in [5.41, 5.74) is 0.514. The maximum Gasteiger partial charge on any atom is 0.251 e. The number of morpholine rings is 1. The van der Waals surface area contributed by atoms with Crippen molar-refractivity contribution < 1.29 is 13.9 Å². The number of carbonyl (C=O) groups is 1. The average molecular weight is 402 g/mol. The molecule has 2 rings (SSSR count). The van der Waals surface area contributed by atoms with E-state index >= 15 is 0 Å². The minimum absolute atomic E-state index is 0.0524. The van der Waals surface area contributed by atoms with Crippen molar-refractivity contribution in [1.82, 2.24) is 9.80 Å². The van der Waals surface area contributed by atoms with E-state index in [4.69, 9.17) is 10.1 Å². The van der Waals surface area contributed by atoms with Crippen LogP contribution in [0.15, 0.2) is 61.5 Å². The van der Waals surface area contributed by atoms with Gasteiger partial charge in [-0.3, -0.25) is 4.79 Å². The first kappa shape index (κ1) is 23.0. The topological polar surface area (TPSA) is 56.6 Å². The van der Waals surface area contributed by atoms with Gasteiger partial charge in [-0.05, 0) is 37.8 Å². The quantitative estimate of drug-likeness (QED) is 0.472. The summed E-state index contributed by atoms with van der Waals surface area (Å²) >= 11 is 0. The van der Waals surface area contributed by atoms with Gasteiger partial charge in [0.1, 0.15) is 11.9 Å². The van der Waals surface area contributed by atoms with Crippen molar-refractivity contribution in [2.24, 2.45) is 0 Å². The summed E-state index contributed by atoms with van der Waals surface area (Å²) in [4.78, 5) is 16.5. The summed E-state index contributed by atoms with van der Waals surface area (Å²) in [6.07, 6.45) is 9.97. The van der Waals surface area contributed by atoms with Crippen LogP contribution >= 0.6 is 0 Å². The number of piperidine rings is 1. The Morgan fingerprint density at radius 1 is 1.28 bits per heavy atom. The molecule has 0 aromatic rings. The molecule has 158 valence electrons. The van der Waals surface area contributed by atoms with Crippen LogP contribution in [0.2, 0.25) is 0 Å². The van der Waals surface area contributed by atoms with Crippen LogP contribution in [-0.4, -0.2) is 65.8 Å². The van der Waals surface area contributed by atoms with E-state index in [0.717, 1.165) is 50.5 Å². The van der Waals surface area contributed by atoms with Gasteiger partial charge < -0.3 is 19.9 Å². The van der Waals surface area contributed by atoms with Gasteiger partial charge in [0.25, 0.3) is 5.91 Å². The first-order valence-corrected chi connectivity index (χ1v) is 10.0. The number of amides is 1. The van der Waals surface area contributed by atoms with Crippen molar-refractivity contribution in [1.29, 1.82) is 5.41 Å². The molecule has 0 saturated carbocycles. The molecule has 5 nitrogen and oxygen atoms in total. The minimum atomic E-state index is -0.665. The van der Waals surface area contributed by atoms with Crippen molar-refractivity contribution in [3.63, 3.8) is 0 Å². The third kappa shape index (κ3) is 6.08. The lowest BCUT2D eigenvalue weighted by molar-refractivity contribution is -0.188. The van der Waals surface area contributed by atoms with Crippen LogP contribution in [-0.2, 0) is 9.53 Å². The second-order valence-corrected chi connectivity index (χ2v) is 7.64. The lowest BCUT2D eigenvalue weighted by atomic mass is 9.88. The number of likely N-dealkylation sites (tertiary alicyclic amines) is 1. The molecule has 1 unspecified atom stereocenters. The lowest BCUT2D eigenvalue weighted by Crippen LogP contribution is -2.62. The van der Waals surface area contributed by atoms with Gasteiger partial charge in [0.05, 0.1) is 24.4 Å². The fraction of sp³-hybridized carbons (Fsp3) is 0.478. The SMILES string of the molecule is C=C/C=C(\C=C)CCN1CCC2(CC1)CN(CC(=N)/C(F)=C\C=C)C(=O)C(C)O2. The number of ether oxygens (including phenoxy) is 1. The molecular formula is C23H32FN3O2. The van der Waals surface area contributed by atoms with Crippen molar-refractivity contribution in [3.05, 3.63) is 61.5 Å². The summed E-state index contributed by atoms with van der Waals surface area (Å²) in [6.45, 7) is 15.8. The monoisotopic (exact) mass is 401 g/mol. The van der Waals surface area contributed by atoms with E-state index in [9.17, 15) is 9.18 Å². The van der Waals surface area contributed by atoms with Crippen LogP contribution < -0.4 is 0 Å². The molecule has 2 heterocycles. The number of carbonyl (C=O) groups excluding carboxylic acids is 1. The Hall–Kier alpha value is -2.31. The van der Waals surface area contributed by atoms with Gasteiger partial charge in [-0.25, -0.2) is 4.39 Å². The van der Waals surface area contributed by atoms with Crippen molar-refractivity contribution in [2.45, 2.75) is 37.9 Å². The smallest absolute Gasteiger partial charge is 0.251 e. The van der Waals surface area contributed by atoms with Crippen molar-refractivity contribution >= 4 is 11.6 Å². The summed E-state index contributed by atoms with van der Waals surface area (Å²) in [6, 6.07) is 0. The molecule has 0 aromatic carbocycles. The van der Waals surface area contributed by atoms with Crippen LogP contribution in [0.4, 0.5) is 4.39 Å². The van der Waals surface area contributed by atoms with Crippen LogP contribution in [0.25, 0.3) is 0 Å². The number of nitrogens with zero attached hydrogens (tertiary/aromatic N) is 2. The Bertz CT molecular complexity index is 718. The molecule has 0 bridgehead atoms. The molecule has 2 fully saturated rings. The number of halogens is 1. The van der Waals surface area contributed by atoms with E-state index < -0.39 is 17.5 Å². The van der Waals surface area contributed by atoms with Gasteiger partial charge in [0.2, 0.25) is 0 Å². The number of allylic oxidation sites excluding steroid dienone is 5. The van der Waals surface area contributed by atoms with Crippen molar-refractivity contribution in [2.75, 3.05) is 32.7 Å². The molecular weight excluding hydrogens is 369 g/mol. The zero-order chi connectivity index (χ0) is 21.4. The van der Waals surface area contributed by atoms with Gasteiger partial charge in [0, 0.05) is 19.6 Å². The molecule has 1 spiro atoms.